The maximum Gasteiger partial charge on any atom is 0.0919 e. The van der Waals surface area contributed by atoms with Crippen molar-refractivity contribution in [3.05, 3.63) is 67.3 Å². The van der Waals surface area contributed by atoms with E-state index < -0.39 is 0 Å². The quantitative estimate of drug-likeness (QED) is 0.449. The average Bonchev–Trinajstić information content (AvgIpc) is 3.10. The van der Waals surface area contributed by atoms with E-state index in [0.29, 0.717) is 0 Å². The molecule has 0 saturated heterocycles. The number of H-pyrrole nitrogens is 2. The first-order valence-corrected chi connectivity index (χ1v) is 5.83. The van der Waals surface area contributed by atoms with Gasteiger partial charge in [-0.15, -0.1) is 24.0 Å². The monoisotopic (exact) mass is 363 g/mol. The summed E-state index contributed by atoms with van der Waals surface area (Å²) in [6.45, 7) is 0. The van der Waals surface area contributed by atoms with Crippen LogP contribution < -0.4 is 0 Å². The zero-order chi connectivity index (χ0) is 12.2. The minimum atomic E-state index is 0. The van der Waals surface area contributed by atoms with Crippen LogP contribution in [0.5, 0.6) is 0 Å². The average molecular weight is 363 g/mol. The normalized spacial score (nSPS) is 9.68. The van der Waals surface area contributed by atoms with Gasteiger partial charge in [0.1, 0.15) is 0 Å². The molecule has 4 rings (SSSR count). The Kier molecular flexibility index (Phi) is 4.57. The molecule has 0 amide bonds. The summed E-state index contributed by atoms with van der Waals surface area (Å²) < 4.78 is 0. The molecular formula is C15H14IN3. The highest BCUT2D eigenvalue weighted by Gasteiger charge is 2.00. The van der Waals surface area contributed by atoms with E-state index in [-0.39, 0.29) is 24.0 Å². The predicted octanol–water partition coefficient (Wildman–Crippen LogP) is 4.35. The number of nitrogens with zero attached hydrogens (tertiary/aromatic N) is 1. The maximum absolute atomic E-state index is 3.67. The molecule has 0 aliphatic heterocycles. The van der Waals surface area contributed by atoms with Crippen LogP contribution in [0.4, 0.5) is 0 Å². The Morgan fingerprint density at radius 1 is 0.789 bits per heavy atom. The summed E-state index contributed by atoms with van der Waals surface area (Å²) in [5, 5.41) is 2.61. The van der Waals surface area contributed by atoms with Crippen LogP contribution in [-0.4, -0.2) is 15.0 Å². The molecule has 0 fully saturated rings. The molecule has 0 aliphatic carbocycles. The van der Waals surface area contributed by atoms with Crippen LogP contribution in [0.3, 0.4) is 0 Å². The van der Waals surface area contributed by atoms with Gasteiger partial charge in [-0.3, -0.25) is 0 Å². The molecule has 2 aromatic carbocycles. The lowest BCUT2D eigenvalue weighted by atomic mass is 10.2. The fourth-order valence-electron chi connectivity index (χ4n) is 2.01. The summed E-state index contributed by atoms with van der Waals surface area (Å²) in [5.74, 6) is 0. The fourth-order valence-corrected chi connectivity index (χ4v) is 2.01. The van der Waals surface area contributed by atoms with Crippen molar-refractivity contribution in [1.82, 2.24) is 15.0 Å². The van der Waals surface area contributed by atoms with E-state index in [1.54, 1.807) is 18.7 Å². The van der Waals surface area contributed by atoms with Crippen molar-refractivity contribution in [1.29, 1.82) is 0 Å². The summed E-state index contributed by atoms with van der Waals surface area (Å²) in [4.78, 5) is 9.79. The zero-order valence-electron chi connectivity index (χ0n) is 10.2. The van der Waals surface area contributed by atoms with Crippen LogP contribution in [0, 0.1) is 0 Å². The number of benzene rings is 2. The Labute approximate surface area is 128 Å². The van der Waals surface area contributed by atoms with Crippen molar-refractivity contribution < 1.29 is 0 Å². The number of nitrogens with one attached hydrogen (secondary N) is 2. The second kappa shape index (κ2) is 6.38. The number of hydrogen-bond acceptors (Lipinski definition) is 1. The molecule has 96 valence electrons. The highest BCUT2D eigenvalue weighted by molar-refractivity contribution is 14.0. The summed E-state index contributed by atoms with van der Waals surface area (Å²) in [5.41, 5.74) is 2.42. The number of para-hydroxylation sites is 2. The van der Waals surface area contributed by atoms with Gasteiger partial charge in [-0.05, 0) is 12.1 Å². The maximum atomic E-state index is 3.67. The van der Waals surface area contributed by atoms with E-state index in [2.05, 4.69) is 63.5 Å². The van der Waals surface area contributed by atoms with Crippen LogP contribution >= 0.6 is 24.0 Å². The van der Waals surface area contributed by atoms with Crippen molar-refractivity contribution in [3.63, 3.8) is 0 Å². The molecule has 2 N–H and O–H groups in total. The Bertz CT molecular complexity index is 677. The lowest BCUT2D eigenvalue weighted by molar-refractivity contribution is 1.31. The van der Waals surface area contributed by atoms with Crippen molar-refractivity contribution in [3.8, 4) is 0 Å². The molecule has 0 bridgehead atoms. The summed E-state index contributed by atoms with van der Waals surface area (Å²) in [7, 11) is 0. The van der Waals surface area contributed by atoms with Gasteiger partial charge in [0.05, 0.1) is 6.33 Å². The number of aromatic amines is 2. The highest BCUT2D eigenvalue weighted by atomic mass is 127. The molecular weight excluding hydrogens is 349 g/mol. The van der Waals surface area contributed by atoms with E-state index >= 15 is 0 Å². The van der Waals surface area contributed by atoms with Crippen molar-refractivity contribution in [2.75, 3.05) is 0 Å². The zero-order valence-corrected chi connectivity index (χ0v) is 12.5. The van der Waals surface area contributed by atoms with Crippen LogP contribution in [0.2, 0.25) is 0 Å². The van der Waals surface area contributed by atoms with Gasteiger partial charge in [0.15, 0.2) is 0 Å². The van der Waals surface area contributed by atoms with E-state index in [0.717, 1.165) is 0 Å². The molecule has 0 aliphatic rings. The molecule has 0 radical (unpaired) electrons. The molecule has 4 heteroatoms. The predicted molar refractivity (Wildman–Crippen MR) is 89.8 cm³/mol. The van der Waals surface area contributed by atoms with Gasteiger partial charge in [0.25, 0.3) is 0 Å². The number of aromatic nitrogens is 3. The van der Waals surface area contributed by atoms with Gasteiger partial charge in [-0.1, -0.05) is 36.4 Å². The molecule has 3 nitrogen and oxygen atoms in total. The van der Waals surface area contributed by atoms with E-state index in [4.69, 9.17) is 0 Å². The summed E-state index contributed by atoms with van der Waals surface area (Å²) in [6, 6.07) is 16.8. The molecule has 2 heterocycles. The lowest BCUT2D eigenvalue weighted by Gasteiger charge is -1.87. The number of fused-ring (bicyclic) bond motifs is 3. The van der Waals surface area contributed by atoms with Crippen LogP contribution in [0.25, 0.3) is 21.8 Å². The van der Waals surface area contributed by atoms with Gasteiger partial charge in [0, 0.05) is 34.2 Å². The Balaban J connectivity index is 0.000000190. The Morgan fingerprint density at radius 3 is 1.79 bits per heavy atom. The molecule has 0 unspecified atom stereocenters. The number of halogens is 1. The standard InChI is InChI=1S/C12H9N.C3H4N2.HI/c1-3-7-11-9(5-1)10-6-2-4-8-12(10)13-11;1-2-5-3-4-1;/h1-8,13H;1-3H,(H,4,5);1H. The second-order valence-electron chi connectivity index (χ2n) is 3.98. The first-order chi connectivity index (χ1) is 8.95. The largest absolute Gasteiger partial charge is 0.355 e. The summed E-state index contributed by atoms with van der Waals surface area (Å²) >= 11 is 0. The Hall–Kier alpha value is -1.82. The van der Waals surface area contributed by atoms with Gasteiger partial charge in [-0.25, -0.2) is 4.98 Å². The first kappa shape index (κ1) is 13.6. The minimum Gasteiger partial charge on any atom is -0.355 e. The van der Waals surface area contributed by atoms with Crippen LogP contribution in [-0.2, 0) is 0 Å². The number of hydrogen-bond donors (Lipinski definition) is 2. The Morgan fingerprint density at radius 2 is 1.37 bits per heavy atom. The first-order valence-electron chi connectivity index (χ1n) is 5.83. The molecule has 19 heavy (non-hydrogen) atoms. The van der Waals surface area contributed by atoms with Crippen LogP contribution in [0.15, 0.2) is 67.3 Å². The number of rotatable bonds is 0. The van der Waals surface area contributed by atoms with E-state index in [1.807, 2.05) is 0 Å². The number of imidazole rings is 1. The molecule has 4 aromatic rings. The van der Waals surface area contributed by atoms with Crippen molar-refractivity contribution in [2.45, 2.75) is 0 Å². The smallest absolute Gasteiger partial charge is 0.0919 e. The lowest BCUT2D eigenvalue weighted by Crippen LogP contribution is -1.62. The third kappa shape index (κ3) is 2.96. The van der Waals surface area contributed by atoms with Gasteiger partial charge in [0.2, 0.25) is 0 Å². The molecule has 0 spiro atoms. The van der Waals surface area contributed by atoms with Crippen molar-refractivity contribution in [2.24, 2.45) is 0 Å². The molecule has 2 aromatic heterocycles. The second-order valence-corrected chi connectivity index (χ2v) is 3.98. The highest BCUT2D eigenvalue weighted by Crippen LogP contribution is 2.24. The van der Waals surface area contributed by atoms with Gasteiger partial charge >= 0.3 is 0 Å². The topological polar surface area (TPSA) is 44.5 Å². The SMILES string of the molecule is I.c1c[nH]cn1.c1ccc2c(c1)[nH]c1ccccc12. The third-order valence-electron chi connectivity index (χ3n) is 2.82. The van der Waals surface area contributed by atoms with E-state index in [9.17, 15) is 0 Å². The van der Waals surface area contributed by atoms with Gasteiger partial charge < -0.3 is 9.97 Å². The van der Waals surface area contributed by atoms with Crippen molar-refractivity contribution >= 4 is 45.8 Å². The fraction of sp³-hybridized carbons (Fsp3) is 0. The van der Waals surface area contributed by atoms with E-state index in [1.165, 1.54) is 21.8 Å². The van der Waals surface area contributed by atoms with Crippen LogP contribution in [0.1, 0.15) is 0 Å². The molecule has 0 atom stereocenters. The minimum absolute atomic E-state index is 0. The third-order valence-corrected chi connectivity index (χ3v) is 2.82. The molecule has 0 saturated carbocycles. The van der Waals surface area contributed by atoms with Gasteiger partial charge in [-0.2, -0.15) is 0 Å². The summed E-state index contributed by atoms with van der Waals surface area (Å²) in [6.07, 6.45) is 5.08.